The molecular weight excluding hydrogens is 545 g/mol. The van der Waals surface area contributed by atoms with Crippen LogP contribution in [0.5, 0.6) is 0 Å². The highest BCUT2D eigenvalue weighted by atomic mass is 32.2. The van der Waals surface area contributed by atoms with Gasteiger partial charge in [-0.25, -0.2) is 14.4 Å². The van der Waals surface area contributed by atoms with E-state index in [1.807, 2.05) is 0 Å². The highest BCUT2D eigenvalue weighted by molar-refractivity contribution is 7.98. The zero-order valence-electron chi connectivity index (χ0n) is 24.0. The summed E-state index contributed by atoms with van der Waals surface area (Å²) in [4.78, 5) is 24.9. The molecule has 3 saturated heterocycles. The smallest absolute Gasteiger partial charge is 0.272 e. The number of nitrogens with zero attached hydrogens (tertiary/aromatic N) is 3. The number of nitrogens with one attached hydrogen (secondary N) is 2. The first-order valence-electron chi connectivity index (χ1n) is 14.7. The molecule has 3 aliphatic rings. The second kappa shape index (κ2) is 14.7. The zero-order chi connectivity index (χ0) is 28.6. The van der Waals surface area contributed by atoms with Crippen LogP contribution in [0.4, 0.5) is 10.2 Å². The highest BCUT2D eigenvalue weighted by Gasteiger charge is 2.31. The summed E-state index contributed by atoms with van der Waals surface area (Å²) in [6.07, 6.45) is 7.75. The van der Waals surface area contributed by atoms with Gasteiger partial charge in [-0.15, -0.1) is 11.8 Å². The molecule has 0 aliphatic carbocycles. The summed E-state index contributed by atoms with van der Waals surface area (Å²) >= 11 is 1.73. The fourth-order valence-corrected chi connectivity index (χ4v) is 6.35. The van der Waals surface area contributed by atoms with E-state index in [0.717, 1.165) is 45.1 Å². The lowest BCUT2D eigenvalue weighted by atomic mass is 9.98. The molecule has 0 spiro atoms. The van der Waals surface area contributed by atoms with Gasteiger partial charge in [0.25, 0.3) is 5.91 Å². The van der Waals surface area contributed by atoms with Crippen molar-refractivity contribution in [2.45, 2.75) is 80.5 Å². The largest absolute Gasteiger partial charge is 0.379 e. The molecule has 0 bridgehead atoms. The van der Waals surface area contributed by atoms with Gasteiger partial charge in [0.15, 0.2) is 5.82 Å². The maximum atomic E-state index is 13.7. The summed E-state index contributed by atoms with van der Waals surface area (Å²) in [6, 6.07) is 10.7. The van der Waals surface area contributed by atoms with Gasteiger partial charge in [0.05, 0.1) is 24.9 Å². The normalized spacial score (nSPS) is 25.7. The molecule has 2 aromatic rings. The summed E-state index contributed by atoms with van der Waals surface area (Å²) < 4.78 is 31.2. The van der Waals surface area contributed by atoms with E-state index in [0.29, 0.717) is 38.1 Å². The second-order valence-electron chi connectivity index (χ2n) is 11.0. The molecule has 0 radical (unpaired) electrons. The van der Waals surface area contributed by atoms with Crippen molar-refractivity contribution in [3.05, 3.63) is 47.4 Å². The number of aromatic nitrogens is 2. The number of carbonyl (C=O) groups is 1. The molecule has 4 atom stereocenters. The third-order valence-electron chi connectivity index (χ3n) is 8.30. The van der Waals surface area contributed by atoms with Gasteiger partial charge in [0.2, 0.25) is 0 Å². The average Bonchev–Trinajstić information content (AvgIpc) is 3.04. The van der Waals surface area contributed by atoms with Gasteiger partial charge in [-0.2, -0.15) is 0 Å². The molecular formula is C30H42FN5O4S. The van der Waals surface area contributed by atoms with Gasteiger partial charge in [0.1, 0.15) is 18.2 Å². The van der Waals surface area contributed by atoms with Crippen LogP contribution in [0.2, 0.25) is 0 Å². The van der Waals surface area contributed by atoms with E-state index in [1.165, 1.54) is 10.5 Å². The minimum absolute atomic E-state index is 0.00289. The minimum Gasteiger partial charge on any atom is -0.379 e. The lowest BCUT2D eigenvalue weighted by molar-refractivity contribution is -0.0533. The first kappa shape index (κ1) is 30.2. The van der Waals surface area contributed by atoms with Crippen molar-refractivity contribution < 1.29 is 23.4 Å². The number of rotatable bonds is 10. The Balaban J connectivity index is 1.15. The van der Waals surface area contributed by atoms with E-state index in [9.17, 15) is 9.18 Å². The summed E-state index contributed by atoms with van der Waals surface area (Å²) in [5.41, 5.74) is 1.41. The molecule has 5 rings (SSSR count). The highest BCUT2D eigenvalue weighted by Crippen LogP contribution is 2.32. The molecule has 4 heterocycles. The number of ether oxygens (including phenoxy) is 3. The maximum Gasteiger partial charge on any atom is 0.272 e. The molecule has 1 aromatic carbocycles. The number of benzene rings is 1. The number of hydrogen-bond acceptors (Lipinski definition) is 9. The maximum absolute atomic E-state index is 13.7. The van der Waals surface area contributed by atoms with Gasteiger partial charge >= 0.3 is 0 Å². The van der Waals surface area contributed by atoms with E-state index >= 15 is 0 Å². The quantitative estimate of drug-likeness (QED) is 0.392. The van der Waals surface area contributed by atoms with Crippen LogP contribution in [-0.4, -0.2) is 91.3 Å². The number of anilines is 1. The van der Waals surface area contributed by atoms with Crippen LogP contribution in [0, 0.1) is 0 Å². The predicted octanol–water partition coefficient (Wildman–Crippen LogP) is 4.39. The Morgan fingerprint density at radius 3 is 2.68 bits per heavy atom. The topological polar surface area (TPSA) is 97.8 Å². The van der Waals surface area contributed by atoms with Crippen LogP contribution in [0.15, 0.2) is 35.2 Å². The number of thioether (sulfide) groups is 1. The Kier molecular flexibility index (Phi) is 10.8. The zero-order valence-corrected chi connectivity index (χ0v) is 24.8. The number of amides is 1. The number of piperidine rings is 1. The van der Waals surface area contributed by atoms with E-state index in [-0.39, 0.29) is 41.8 Å². The van der Waals surface area contributed by atoms with Gasteiger partial charge in [-0.05, 0) is 62.5 Å². The Hall–Kier alpha value is -2.31. The molecule has 9 nitrogen and oxygen atoms in total. The molecule has 3 fully saturated rings. The standard InChI is InChI=1S/C30H42FN5O4S/c1-38-27-19-39-15-12-24(27)33-21-10-13-36(14-11-21)30(37)25-16-28(35-29(17-31)34-25)32-18-22-4-3-5-26(40-22)20-6-8-23(41-2)9-7-20/h6-9,16,21-22,24,26-27,33H,3-5,10-15,17-19H2,1-2H3,(H,32,34,35). The number of carbonyl (C=O) groups excluding carboxylic acids is 1. The van der Waals surface area contributed by atoms with Crippen LogP contribution < -0.4 is 10.6 Å². The van der Waals surface area contributed by atoms with Gasteiger partial charge in [0, 0.05) is 56.4 Å². The summed E-state index contributed by atoms with van der Waals surface area (Å²) in [5, 5.41) is 7.00. The number of methoxy groups -OCH3 is 1. The van der Waals surface area contributed by atoms with Crippen LogP contribution >= 0.6 is 11.8 Å². The lowest BCUT2D eigenvalue weighted by Crippen LogP contribution is -2.54. The summed E-state index contributed by atoms with van der Waals surface area (Å²) in [7, 11) is 1.72. The molecule has 1 aromatic heterocycles. The number of alkyl halides is 1. The van der Waals surface area contributed by atoms with Crippen LogP contribution in [-0.2, 0) is 20.9 Å². The van der Waals surface area contributed by atoms with Crippen molar-refractivity contribution in [1.82, 2.24) is 20.2 Å². The predicted molar refractivity (Wildman–Crippen MR) is 157 cm³/mol. The number of halogens is 1. The number of hydrogen-bond donors (Lipinski definition) is 2. The first-order chi connectivity index (χ1) is 20.1. The molecule has 3 aliphatic heterocycles. The van der Waals surface area contributed by atoms with Crippen LogP contribution in [0.3, 0.4) is 0 Å². The fourth-order valence-electron chi connectivity index (χ4n) is 5.94. The lowest BCUT2D eigenvalue weighted by Gasteiger charge is -2.38. The summed E-state index contributed by atoms with van der Waals surface area (Å²) in [5.74, 6) is 0.274. The Bertz CT molecular complexity index is 1130. The van der Waals surface area contributed by atoms with E-state index in [4.69, 9.17) is 14.2 Å². The Morgan fingerprint density at radius 2 is 1.95 bits per heavy atom. The van der Waals surface area contributed by atoms with Crippen LogP contribution in [0.1, 0.15) is 66.5 Å². The summed E-state index contributed by atoms with van der Waals surface area (Å²) in [6.45, 7) is 2.26. The Labute approximate surface area is 246 Å². The van der Waals surface area contributed by atoms with Crippen molar-refractivity contribution >= 4 is 23.5 Å². The third kappa shape index (κ3) is 7.95. The fraction of sp³-hybridized carbons (Fsp3) is 0.633. The van der Waals surface area contributed by atoms with Gasteiger partial charge in [-0.3, -0.25) is 4.79 Å². The third-order valence-corrected chi connectivity index (χ3v) is 9.04. The molecule has 1 amide bonds. The van der Waals surface area contributed by atoms with Gasteiger partial charge < -0.3 is 29.7 Å². The van der Waals surface area contributed by atoms with Crippen molar-refractivity contribution in [1.29, 1.82) is 0 Å². The average molecular weight is 588 g/mol. The molecule has 0 saturated carbocycles. The Morgan fingerprint density at radius 1 is 1.15 bits per heavy atom. The molecule has 11 heteroatoms. The molecule has 2 N–H and O–H groups in total. The first-order valence-corrected chi connectivity index (χ1v) is 15.9. The van der Waals surface area contributed by atoms with E-state index in [2.05, 4.69) is 51.1 Å². The second-order valence-corrected chi connectivity index (χ2v) is 11.9. The minimum atomic E-state index is -0.832. The van der Waals surface area contributed by atoms with E-state index in [1.54, 1.807) is 29.8 Å². The number of likely N-dealkylation sites (tertiary alicyclic amines) is 1. The van der Waals surface area contributed by atoms with E-state index < -0.39 is 6.67 Å². The van der Waals surface area contributed by atoms with Crippen molar-refractivity contribution in [2.24, 2.45) is 0 Å². The SMILES string of the molecule is COC1COCCC1NC1CCN(C(=O)c2cc(NCC3CCCC(c4ccc(SC)cc4)O3)nc(CF)n2)CC1. The monoisotopic (exact) mass is 587 g/mol. The van der Waals surface area contributed by atoms with Crippen LogP contribution in [0.25, 0.3) is 0 Å². The van der Waals surface area contributed by atoms with Gasteiger partial charge in [-0.1, -0.05) is 12.1 Å². The molecule has 224 valence electrons. The van der Waals surface area contributed by atoms with Crippen molar-refractivity contribution in [2.75, 3.05) is 51.5 Å². The molecule has 41 heavy (non-hydrogen) atoms. The van der Waals surface area contributed by atoms with Crippen molar-refractivity contribution in [3.63, 3.8) is 0 Å². The molecule has 4 unspecified atom stereocenters. The van der Waals surface area contributed by atoms with Crippen molar-refractivity contribution in [3.8, 4) is 0 Å².